The van der Waals surface area contributed by atoms with E-state index in [0.717, 1.165) is 9.13 Å². The highest BCUT2D eigenvalue weighted by Crippen LogP contribution is 2.13. The summed E-state index contributed by atoms with van der Waals surface area (Å²) in [4.78, 5) is 86.3. The summed E-state index contributed by atoms with van der Waals surface area (Å²) >= 11 is 2.15. The summed E-state index contributed by atoms with van der Waals surface area (Å²) in [6.45, 7) is 8.61. The van der Waals surface area contributed by atoms with Crippen LogP contribution in [0.25, 0.3) is 0 Å². The Bertz CT molecular complexity index is 1560. The van der Waals surface area contributed by atoms with Crippen LogP contribution in [0.3, 0.4) is 0 Å². The van der Waals surface area contributed by atoms with Crippen LogP contribution >= 0.6 is 22.6 Å². The molecule has 0 unspecified atom stereocenters. The molecule has 0 aliphatic heterocycles. The summed E-state index contributed by atoms with van der Waals surface area (Å²) < 4.78 is 6.10. The zero-order chi connectivity index (χ0) is 39.0. The number of carbonyl (C=O) groups is 6. The molecule has 0 saturated heterocycles. The molecular weight excluding hydrogens is 787 g/mol. The second-order valence-corrected chi connectivity index (χ2v) is 14.1. The van der Waals surface area contributed by atoms with Crippen LogP contribution in [0, 0.1) is 22.3 Å². The molecule has 0 fully saturated rings. The molecule has 11 N–H and O–H groups in total. The van der Waals surface area contributed by atoms with Crippen LogP contribution in [0.15, 0.2) is 39.9 Å². The minimum absolute atomic E-state index is 0.0137. The number of oxazole rings is 1. The first kappa shape index (κ1) is 43.4. The molecule has 2 aromatic rings. The van der Waals surface area contributed by atoms with E-state index >= 15 is 0 Å². The van der Waals surface area contributed by atoms with Crippen molar-refractivity contribution in [3.05, 3.63) is 51.2 Å². The molecule has 18 heteroatoms. The van der Waals surface area contributed by atoms with Gasteiger partial charge in [0.2, 0.25) is 29.5 Å². The van der Waals surface area contributed by atoms with Gasteiger partial charge in [-0.15, -0.1) is 0 Å². The van der Waals surface area contributed by atoms with Gasteiger partial charge in [0.05, 0.1) is 6.54 Å². The molecule has 0 spiro atoms. The van der Waals surface area contributed by atoms with Gasteiger partial charge in [0.25, 0.3) is 5.91 Å². The monoisotopic (exact) mass is 838 g/mol. The average molecular weight is 839 g/mol. The molecule has 2 rings (SSSR count). The van der Waals surface area contributed by atoms with Crippen molar-refractivity contribution in [1.29, 1.82) is 0 Å². The van der Waals surface area contributed by atoms with Crippen molar-refractivity contribution in [3.8, 4) is 0 Å². The third kappa shape index (κ3) is 15.2. The lowest BCUT2D eigenvalue weighted by Gasteiger charge is -2.27. The Balaban J connectivity index is 2.13. The van der Waals surface area contributed by atoms with E-state index < -0.39 is 66.2 Å². The minimum atomic E-state index is -1.13. The molecule has 5 atom stereocenters. The van der Waals surface area contributed by atoms with Gasteiger partial charge in [-0.2, -0.15) is 0 Å². The van der Waals surface area contributed by atoms with E-state index in [1.54, 1.807) is 13.8 Å². The van der Waals surface area contributed by atoms with Gasteiger partial charge in [-0.05, 0) is 71.4 Å². The fourth-order valence-electron chi connectivity index (χ4n) is 5.00. The zero-order valence-electron chi connectivity index (χ0n) is 30.2. The van der Waals surface area contributed by atoms with E-state index in [1.165, 1.54) is 6.26 Å². The van der Waals surface area contributed by atoms with Gasteiger partial charge in [0, 0.05) is 23.5 Å². The highest BCUT2D eigenvalue weighted by atomic mass is 127. The maximum Gasteiger partial charge on any atom is 0.273 e. The van der Waals surface area contributed by atoms with Gasteiger partial charge in [-0.25, -0.2) is 4.98 Å². The third-order valence-corrected chi connectivity index (χ3v) is 8.73. The molecule has 286 valence electrons. The van der Waals surface area contributed by atoms with E-state index in [1.807, 2.05) is 45.0 Å². The number of benzene rings is 1. The Kier molecular flexibility index (Phi) is 18.0. The molecule has 0 saturated carbocycles. The van der Waals surface area contributed by atoms with E-state index in [0.29, 0.717) is 12.8 Å². The lowest BCUT2D eigenvalue weighted by Crippen LogP contribution is -2.57. The molecule has 52 heavy (non-hydrogen) atoms. The van der Waals surface area contributed by atoms with Crippen molar-refractivity contribution in [2.24, 2.45) is 34.0 Å². The summed E-state index contributed by atoms with van der Waals surface area (Å²) in [5.41, 5.74) is 17.2. The van der Waals surface area contributed by atoms with E-state index in [-0.39, 0.29) is 55.2 Å². The van der Waals surface area contributed by atoms with E-state index in [4.69, 9.17) is 21.6 Å². The van der Waals surface area contributed by atoms with Gasteiger partial charge in [-0.3, -0.25) is 33.8 Å². The highest BCUT2D eigenvalue weighted by molar-refractivity contribution is 14.1. The molecule has 0 aliphatic rings. The number of nitrogens with one attached hydrogen (secondary N) is 5. The maximum absolute atomic E-state index is 13.4. The number of aromatic nitrogens is 1. The number of hydrogen-bond donors (Lipinski definition) is 8. The molecule has 0 aliphatic carbocycles. The lowest BCUT2D eigenvalue weighted by atomic mass is 9.96. The number of halogens is 1. The smallest absolute Gasteiger partial charge is 0.273 e. The molecule has 1 heterocycles. The van der Waals surface area contributed by atoms with Crippen LogP contribution in [0.5, 0.6) is 0 Å². The van der Waals surface area contributed by atoms with Crippen LogP contribution in [-0.2, 0) is 30.4 Å². The van der Waals surface area contributed by atoms with Gasteiger partial charge >= 0.3 is 0 Å². The predicted molar refractivity (Wildman–Crippen MR) is 202 cm³/mol. The maximum atomic E-state index is 13.4. The number of nitrogens with two attached hydrogens (primary N) is 3. The highest BCUT2D eigenvalue weighted by Gasteiger charge is 2.32. The second-order valence-electron chi connectivity index (χ2n) is 12.9. The Morgan fingerprint density at radius 3 is 2.10 bits per heavy atom. The fraction of sp³-hybridized carbons (Fsp3) is 0.529. The van der Waals surface area contributed by atoms with Gasteiger partial charge < -0.3 is 48.2 Å². The van der Waals surface area contributed by atoms with Crippen molar-refractivity contribution in [3.63, 3.8) is 0 Å². The van der Waals surface area contributed by atoms with Crippen molar-refractivity contribution in [1.82, 2.24) is 31.6 Å². The van der Waals surface area contributed by atoms with Crippen LogP contribution in [0.4, 0.5) is 0 Å². The zero-order valence-corrected chi connectivity index (χ0v) is 32.3. The lowest BCUT2D eigenvalue weighted by molar-refractivity contribution is -0.133. The summed E-state index contributed by atoms with van der Waals surface area (Å²) in [5, 5.41) is 13.2. The van der Waals surface area contributed by atoms with E-state index in [2.05, 4.69) is 59.2 Å². The Hall–Kier alpha value is -4.75. The topological polar surface area (TPSA) is 279 Å². The molecule has 0 radical (unpaired) electrons. The van der Waals surface area contributed by atoms with Crippen LogP contribution in [0.2, 0.25) is 0 Å². The van der Waals surface area contributed by atoms with E-state index in [9.17, 15) is 28.8 Å². The van der Waals surface area contributed by atoms with Crippen molar-refractivity contribution in [2.45, 2.75) is 90.9 Å². The predicted octanol–water partition coefficient (Wildman–Crippen LogP) is 0.130. The number of aliphatic imine (C=N–C) groups is 1. The summed E-state index contributed by atoms with van der Waals surface area (Å²) in [5.74, 6) is -4.14. The Labute approximate surface area is 317 Å². The fourth-order valence-corrected chi connectivity index (χ4v) is 5.36. The molecule has 6 amide bonds. The number of aryl methyl sites for hydroxylation is 1. The van der Waals surface area contributed by atoms with Crippen LogP contribution in [0.1, 0.15) is 75.3 Å². The number of primary amides is 1. The number of rotatable bonds is 21. The number of carbonyl (C=O) groups excluding carboxylic acids is 6. The number of nitrogens with zero attached hydrogens (tertiary/aromatic N) is 2. The standard InChI is InChI=1S/C34H51IN10O7/c1-6-19(4)28(45-31(49)25(14-18(2)3)44-32(50)26-17-52-20(5)41-26)33(51)40-16-27(46)42-23(8-7-13-39-34(37)38)30(48)43-24(29(36)47)15-21-9-11-22(35)12-10-21/h9-12,17-19,23-25,28H,6-8,13-16H2,1-5H3,(H2,36,47)(H,40,51)(H,42,46)(H,43,48)(H,44,50)(H,45,49)(H4,37,38,39)/t19-,23-,24-,25-,28-/m0/s1. The van der Waals surface area contributed by atoms with Gasteiger partial charge in [0.15, 0.2) is 17.5 Å². The van der Waals surface area contributed by atoms with Crippen molar-refractivity contribution >= 4 is 64.0 Å². The number of guanidine groups is 1. The summed E-state index contributed by atoms with van der Waals surface area (Å²) in [7, 11) is 0. The first-order valence-electron chi connectivity index (χ1n) is 17.0. The minimum Gasteiger partial charge on any atom is -0.448 e. The number of amides is 6. The largest absolute Gasteiger partial charge is 0.448 e. The first-order chi connectivity index (χ1) is 24.5. The Morgan fingerprint density at radius 2 is 1.54 bits per heavy atom. The molecule has 1 aromatic heterocycles. The summed E-state index contributed by atoms with van der Waals surface area (Å²) in [6.07, 6.45) is 2.50. The normalized spacial score (nSPS) is 13.8. The molecule has 1 aromatic carbocycles. The first-order valence-corrected chi connectivity index (χ1v) is 18.1. The SMILES string of the molecule is CC[C@H](C)[C@H](NC(=O)[C@H](CC(C)C)NC(=O)c1coc(C)n1)C(=O)NCC(=O)N[C@@H](CCCN=C(N)N)C(=O)N[C@@H](Cc1ccc(I)cc1)C(N)=O. The van der Waals surface area contributed by atoms with Crippen molar-refractivity contribution < 1.29 is 33.2 Å². The van der Waals surface area contributed by atoms with Crippen LogP contribution < -0.4 is 43.8 Å². The van der Waals surface area contributed by atoms with Crippen molar-refractivity contribution in [2.75, 3.05) is 13.1 Å². The Morgan fingerprint density at radius 1 is 0.885 bits per heavy atom. The van der Waals surface area contributed by atoms with Gasteiger partial charge in [0.1, 0.15) is 30.4 Å². The second kappa shape index (κ2) is 21.6. The third-order valence-electron chi connectivity index (χ3n) is 8.01. The quantitative estimate of drug-likeness (QED) is 0.0364. The summed E-state index contributed by atoms with van der Waals surface area (Å²) in [6, 6.07) is 3.12. The molecule has 0 bridgehead atoms. The van der Waals surface area contributed by atoms with Gasteiger partial charge in [-0.1, -0.05) is 46.2 Å². The average Bonchev–Trinajstić information content (AvgIpc) is 3.53. The number of hydrogen-bond acceptors (Lipinski definition) is 9. The molecular formula is C34H51IN10O7. The van der Waals surface area contributed by atoms with Crippen LogP contribution in [-0.4, -0.2) is 83.6 Å². The molecule has 17 nitrogen and oxygen atoms in total.